The molecule has 3 aromatic rings. The van der Waals surface area contributed by atoms with Crippen molar-refractivity contribution in [1.29, 1.82) is 0 Å². The SMILES string of the molecule is Cc1ccccc1NC(=O)CN(C)c1ncnc2ccccc12. The fourth-order valence-corrected chi connectivity index (χ4v) is 2.49. The molecule has 0 saturated heterocycles. The van der Waals surface area contributed by atoms with Crippen molar-refractivity contribution in [1.82, 2.24) is 9.97 Å². The highest BCUT2D eigenvalue weighted by Crippen LogP contribution is 2.21. The molecule has 0 bridgehead atoms. The summed E-state index contributed by atoms with van der Waals surface area (Å²) >= 11 is 0. The van der Waals surface area contributed by atoms with Crippen LogP contribution in [0.1, 0.15) is 5.56 Å². The Balaban J connectivity index is 1.77. The Bertz CT molecular complexity index is 842. The van der Waals surface area contributed by atoms with Crippen LogP contribution in [-0.4, -0.2) is 29.5 Å². The highest BCUT2D eigenvalue weighted by Gasteiger charge is 2.12. The number of fused-ring (bicyclic) bond motifs is 1. The zero-order chi connectivity index (χ0) is 16.2. The zero-order valence-corrected chi connectivity index (χ0v) is 13.2. The van der Waals surface area contributed by atoms with E-state index in [1.165, 1.54) is 6.33 Å². The van der Waals surface area contributed by atoms with Crippen molar-refractivity contribution in [3.63, 3.8) is 0 Å². The predicted octanol–water partition coefficient (Wildman–Crippen LogP) is 3.01. The molecular formula is C18H18N4O. The number of aromatic nitrogens is 2. The first-order valence-corrected chi connectivity index (χ1v) is 7.41. The third-order valence-corrected chi connectivity index (χ3v) is 3.68. The normalized spacial score (nSPS) is 10.5. The molecule has 23 heavy (non-hydrogen) atoms. The summed E-state index contributed by atoms with van der Waals surface area (Å²) in [4.78, 5) is 22.7. The second-order valence-electron chi connectivity index (χ2n) is 5.43. The molecular weight excluding hydrogens is 288 g/mol. The molecule has 1 amide bonds. The molecule has 0 fully saturated rings. The molecule has 0 aliphatic heterocycles. The molecule has 0 atom stereocenters. The van der Waals surface area contributed by atoms with Gasteiger partial charge in [-0.15, -0.1) is 0 Å². The highest BCUT2D eigenvalue weighted by atomic mass is 16.2. The van der Waals surface area contributed by atoms with Gasteiger partial charge in [-0.1, -0.05) is 30.3 Å². The lowest BCUT2D eigenvalue weighted by molar-refractivity contribution is -0.114. The first-order valence-electron chi connectivity index (χ1n) is 7.41. The molecule has 2 aromatic carbocycles. The molecule has 0 spiro atoms. The summed E-state index contributed by atoms with van der Waals surface area (Å²) < 4.78 is 0. The van der Waals surface area contributed by atoms with E-state index in [1.54, 1.807) is 0 Å². The number of nitrogens with zero attached hydrogens (tertiary/aromatic N) is 3. The molecule has 5 heteroatoms. The second-order valence-corrected chi connectivity index (χ2v) is 5.43. The van der Waals surface area contributed by atoms with Crippen LogP contribution in [0.2, 0.25) is 0 Å². The van der Waals surface area contributed by atoms with E-state index in [9.17, 15) is 4.79 Å². The maximum absolute atomic E-state index is 12.3. The third kappa shape index (κ3) is 3.29. The van der Waals surface area contributed by atoms with E-state index in [0.29, 0.717) is 0 Å². The van der Waals surface area contributed by atoms with Crippen molar-refractivity contribution in [2.45, 2.75) is 6.92 Å². The third-order valence-electron chi connectivity index (χ3n) is 3.68. The minimum Gasteiger partial charge on any atom is -0.350 e. The van der Waals surface area contributed by atoms with Crippen molar-refractivity contribution in [2.75, 3.05) is 23.8 Å². The fourth-order valence-electron chi connectivity index (χ4n) is 2.49. The van der Waals surface area contributed by atoms with Gasteiger partial charge in [0, 0.05) is 18.1 Å². The zero-order valence-electron chi connectivity index (χ0n) is 13.2. The molecule has 3 rings (SSSR count). The van der Waals surface area contributed by atoms with E-state index in [-0.39, 0.29) is 12.5 Å². The summed E-state index contributed by atoms with van der Waals surface area (Å²) in [5, 5.41) is 3.87. The van der Waals surface area contributed by atoms with E-state index in [0.717, 1.165) is 28.0 Å². The van der Waals surface area contributed by atoms with Crippen LogP contribution in [0.15, 0.2) is 54.9 Å². The lowest BCUT2D eigenvalue weighted by Crippen LogP contribution is -2.31. The second kappa shape index (κ2) is 6.44. The summed E-state index contributed by atoms with van der Waals surface area (Å²) in [6, 6.07) is 15.5. The van der Waals surface area contributed by atoms with Gasteiger partial charge in [-0.25, -0.2) is 9.97 Å². The summed E-state index contributed by atoms with van der Waals surface area (Å²) in [6.45, 7) is 2.19. The number of likely N-dealkylation sites (N-methyl/N-ethyl adjacent to an activating group) is 1. The van der Waals surface area contributed by atoms with Crippen LogP contribution < -0.4 is 10.2 Å². The average Bonchev–Trinajstić information content (AvgIpc) is 2.56. The molecule has 0 aliphatic rings. The number of carbonyl (C=O) groups is 1. The molecule has 116 valence electrons. The average molecular weight is 306 g/mol. The maximum atomic E-state index is 12.3. The predicted molar refractivity (Wildman–Crippen MR) is 92.6 cm³/mol. The smallest absolute Gasteiger partial charge is 0.243 e. The largest absolute Gasteiger partial charge is 0.350 e. The molecule has 0 saturated carbocycles. The number of para-hydroxylation sites is 2. The number of hydrogen-bond acceptors (Lipinski definition) is 4. The topological polar surface area (TPSA) is 58.1 Å². The number of aryl methyl sites for hydroxylation is 1. The van der Waals surface area contributed by atoms with Gasteiger partial charge in [-0.3, -0.25) is 4.79 Å². The number of benzene rings is 2. The lowest BCUT2D eigenvalue weighted by Gasteiger charge is -2.19. The summed E-state index contributed by atoms with van der Waals surface area (Å²) in [5.74, 6) is 0.667. The van der Waals surface area contributed by atoms with Crippen molar-refractivity contribution < 1.29 is 4.79 Å². The molecule has 0 aliphatic carbocycles. The minimum atomic E-state index is -0.0792. The summed E-state index contributed by atoms with van der Waals surface area (Å²) in [7, 11) is 1.85. The van der Waals surface area contributed by atoms with Gasteiger partial charge in [0.25, 0.3) is 0 Å². The fraction of sp³-hybridized carbons (Fsp3) is 0.167. The first-order chi connectivity index (χ1) is 11.1. The van der Waals surface area contributed by atoms with Gasteiger partial charge in [0.1, 0.15) is 12.1 Å². The minimum absolute atomic E-state index is 0.0792. The number of anilines is 2. The summed E-state index contributed by atoms with van der Waals surface area (Å²) in [5.41, 5.74) is 2.73. The highest BCUT2D eigenvalue weighted by molar-refractivity contribution is 5.96. The Kier molecular flexibility index (Phi) is 4.19. The van der Waals surface area contributed by atoms with Gasteiger partial charge >= 0.3 is 0 Å². The van der Waals surface area contributed by atoms with Gasteiger partial charge in [0.15, 0.2) is 0 Å². The van der Waals surface area contributed by atoms with Crippen molar-refractivity contribution in [3.05, 3.63) is 60.4 Å². The van der Waals surface area contributed by atoms with Gasteiger partial charge in [-0.2, -0.15) is 0 Å². The number of hydrogen-bond donors (Lipinski definition) is 1. The number of rotatable bonds is 4. The Hall–Kier alpha value is -2.95. The van der Waals surface area contributed by atoms with Crippen molar-refractivity contribution in [2.24, 2.45) is 0 Å². The Morgan fingerprint density at radius 2 is 1.83 bits per heavy atom. The van der Waals surface area contributed by atoms with Gasteiger partial charge in [0.2, 0.25) is 5.91 Å². The number of amides is 1. The standard InChI is InChI=1S/C18H18N4O/c1-13-7-3-5-9-15(13)21-17(23)11-22(2)18-14-8-4-6-10-16(14)19-12-20-18/h3-10,12H,11H2,1-2H3,(H,21,23). The Morgan fingerprint density at radius 1 is 1.09 bits per heavy atom. The van der Waals surface area contributed by atoms with Crippen LogP contribution in [0.25, 0.3) is 10.9 Å². The Morgan fingerprint density at radius 3 is 2.65 bits per heavy atom. The lowest BCUT2D eigenvalue weighted by atomic mass is 10.2. The molecule has 0 radical (unpaired) electrons. The van der Waals surface area contributed by atoms with Gasteiger partial charge in [-0.05, 0) is 30.7 Å². The van der Waals surface area contributed by atoms with Crippen molar-refractivity contribution in [3.8, 4) is 0 Å². The molecule has 5 nitrogen and oxygen atoms in total. The Labute approximate surface area is 135 Å². The van der Waals surface area contributed by atoms with Crippen LogP contribution in [0.4, 0.5) is 11.5 Å². The van der Waals surface area contributed by atoms with Crippen molar-refractivity contribution >= 4 is 28.3 Å². The van der Waals surface area contributed by atoms with E-state index in [1.807, 2.05) is 67.4 Å². The molecule has 1 heterocycles. The van der Waals surface area contributed by atoms with Crippen LogP contribution in [0.3, 0.4) is 0 Å². The maximum Gasteiger partial charge on any atom is 0.243 e. The molecule has 1 aromatic heterocycles. The molecule has 1 N–H and O–H groups in total. The van der Waals surface area contributed by atoms with E-state index < -0.39 is 0 Å². The van der Waals surface area contributed by atoms with Crippen LogP contribution in [0.5, 0.6) is 0 Å². The van der Waals surface area contributed by atoms with E-state index in [2.05, 4.69) is 15.3 Å². The quantitative estimate of drug-likeness (QED) is 0.805. The van der Waals surface area contributed by atoms with Gasteiger partial charge in [0.05, 0.1) is 12.1 Å². The van der Waals surface area contributed by atoms with Crippen LogP contribution >= 0.6 is 0 Å². The number of carbonyl (C=O) groups excluding carboxylic acids is 1. The van der Waals surface area contributed by atoms with Crippen LogP contribution in [-0.2, 0) is 4.79 Å². The summed E-state index contributed by atoms with van der Waals surface area (Å²) in [6.07, 6.45) is 1.52. The van der Waals surface area contributed by atoms with Crippen LogP contribution in [0, 0.1) is 6.92 Å². The first kappa shape index (κ1) is 15.0. The molecule has 0 unspecified atom stereocenters. The van der Waals surface area contributed by atoms with E-state index >= 15 is 0 Å². The van der Waals surface area contributed by atoms with Gasteiger partial charge < -0.3 is 10.2 Å². The number of nitrogens with one attached hydrogen (secondary N) is 1. The van der Waals surface area contributed by atoms with E-state index in [4.69, 9.17) is 0 Å². The monoisotopic (exact) mass is 306 g/mol.